The third-order valence-corrected chi connectivity index (χ3v) is 6.47. The smallest absolute Gasteiger partial charge is 0.255 e. The molecule has 0 unspecified atom stereocenters. The quantitative estimate of drug-likeness (QED) is 0.832. The minimum Gasteiger partial charge on any atom is -0.341 e. The zero-order valence-electron chi connectivity index (χ0n) is 15.9. The van der Waals surface area contributed by atoms with E-state index >= 15 is 0 Å². The molecule has 5 heteroatoms. The normalized spacial score (nSPS) is 20.8. The summed E-state index contributed by atoms with van der Waals surface area (Å²) in [6, 6.07) is 0.829. The van der Waals surface area contributed by atoms with Crippen LogP contribution >= 0.6 is 0 Å². The minimum absolute atomic E-state index is 0.00701. The Hall–Kier alpha value is -1.88. The molecule has 1 saturated carbocycles. The summed E-state index contributed by atoms with van der Waals surface area (Å²) in [5.41, 5.74) is 2.24. The second-order valence-electron chi connectivity index (χ2n) is 8.21. The molecule has 1 aromatic heterocycles. The first-order valence-corrected chi connectivity index (χ1v) is 9.93. The fraction of sp³-hybridized carbons (Fsp3) is 0.619. The van der Waals surface area contributed by atoms with Gasteiger partial charge in [0.15, 0.2) is 0 Å². The Morgan fingerprint density at radius 3 is 2.62 bits per heavy atom. The number of carbonyl (C=O) groups is 1. The first-order valence-electron chi connectivity index (χ1n) is 9.93. The number of pyridine rings is 1. The van der Waals surface area contributed by atoms with Gasteiger partial charge in [-0.15, -0.1) is 0 Å². The lowest BCUT2D eigenvalue weighted by atomic mass is 9.87. The van der Waals surface area contributed by atoms with Crippen LogP contribution in [0.1, 0.15) is 53.6 Å². The third-order valence-electron chi connectivity index (χ3n) is 6.47. The maximum atomic E-state index is 13.0. The van der Waals surface area contributed by atoms with E-state index in [1.807, 2.05) is 24.1 Å². The lowest BCUT2D eigenvalue weighted by Gasteiger charge is -2.42. The molecule has 0 N–H and O–H groups in total. The third kappa shape index (κ3) is 3.13. The van der Waals surface area contributed by atoms with Crippen molar-refractivity contribution >= 4 is 12.0 Å². The van der Waals surface area contributed by atoms with Crippen LogP contribution in [0.3, 0.4) is 0 Å². The van der Waals surface area contributed by atoms with Gasteiger partial charge in [0.1, 0.15) is 0 Å². The summed E-state index contributed by atoms with van der Waals surface area (Å²) in [5.74, 6) is 0.612. The van der Waals surface area contributed by atoms with E-state index in [1.165, 1.54) is 45.2 Å². The predicted octanol–water partition coefficient (Wildman–Crippen LogP) is 2.29. The molecule has 2 heterocycles. The average Bonchev–Trinajstić information content (AvgIpc) is 3.07. The van der Waals surface area contributed by atoms with Gasteiger partial charge in [0.25, 0.3) is 11.5 Å². The highest BCUT2D eigenvalue weighted by molar-refractivity contribution is 5.98. The van der Waals surface area contributed by atoms with Crippen molar-refractivity contribution in [2.24, 2.45) is 13.0 Å². The van der Waals surface area contributed by atoms with Crippen molar-refractivity contribution in [3.63, 3.8) is 0 Å². The van der Waals surface area contributed by atoms with Crippen molar-refractivity contribution in [1.82, 2.24) is 14.4 Å². The average molecular weight is 355 g/mol. The van der Waals surface area contributed by atoms with Crippen LogP contribution in [0.15, 0.2) is 17.1 Å². The number of fused-ring (bicyclic) bond motifs is 1. The molecule has 140 valence electrons. The number of aryl methyl sites for hydroxylation is 1. The molecule has 1 amide bonds. The van der Waals surface area contributed by atoms with Crippen LogP contribution in [0, 0.1) is 5.92 Å². The Morgan fingerprint density at radius 1 is 1.23 bits per heavy atom. The summed E-state index contributed by atoms with van der Waals surface area (Å²) >= 11 is 0. The van der Waals surface area contributed by atoms with Crippen molar-refractivity contribution in [3.05, 3.63) is 39.3 Å². The van der Waals surface area contributed by atoms with Crippen molar-refractivity contribution < 1.29 is 4.79 Å². The highest BCUT2D eigenvalue weighted by Gasteiger charge is 2.30. The number of hydrogen-bond donors (Lipinski definition) is 0. The van der Waals surface area contributed by atoms with Crippen LogP contribution in [-0.2, 0) is 13.5 Å². The van der Waals surface area contributed by atoms with E-state index in [0.717, 1.165) is 23.7 Å². The minimum atomic E-state index is 0.00701. The SMILES string of the molecule is CN(CC1CCN(C2CCC2)CC1)C(=O)c1cn(C)c(=O)c2c1C=CC2. The van der Waals surface area contributed by atoms with Crippen molar-refractivity contribution in [2.45, 2.75) is 44.6 Å². The Kier molecular flexibility index (Phi) is 4.74. The number of allylic oxidation sites excluding steroid dienone is 1. The van der Waals surface area contributed by atoms with Crippen molar-refractivity contribution in [1.29, 1.82) is 0 Å². The topological polar surface area (TPSA) is 45.5 Å². The van der Waals surface area contributed by atoms with Gasteiger partial charge >= 0.3 is 0 Å². The van der Waals surface area contributed by atoms with Gasteiger partial charge in [-0.2, -0.15) is 0 Å². The van der Waals surface area contributed by atoms with E-state index in [1.54, 1.807) is 17.8 Å². The largest absolute Gasteiger partial charge is 0.341 e. The van der Waals surface area contributed by atoms with Gasteiger partial charge < -0.3 is 14.4 Å². The summed E-state index contributed by atoms with van der Waals surface area (Å²) in [4.78, 5) is 29.8. The standard InChI is InChI=1S/C21H29N3O2/c1-22(13-15-9-11-24(12-10-15)16-5-3-6-16)21(26)19-14-23(2)20(25)18-8-4-7-17(18)19/h4,7,14-16H,3,5-6,8-13H2,1-2H3. The van der Waals surface area contributed by atoms with Gasteiger partial charge in [-0.25, -0.2) is 0 Å². The van der Waals surface area contributed by atoms with E-state index in [9.17, 15) is 9.59 Å². The number of piperidine rings is 1. The molecule has 1 aliphatic heterocycles. The lowest BCUT2D eigenvalue weighted by molar-refractivity contribution is 0.0632. The second kappa shape index (κ2) is 7.03. The molecule has 0 bridgehead atoms. The zero-order chi connectivity index (χ0) is 18.3. The van der Waals surface area contributed by atoms with Crippen LogP contribution < -0.4 is 5.56 Å². The van der Waals surface area contributed by atoms with Crippen LogP contribution in [0.5, 0.6) is 0 Å². The van der Waals surface area contributed by atoms with Gasteiger partial charge in [0, 0.05) is 38.4 Å². The Bertz CT molecular complexity index is 783. The van der Waals surface area contributed by atoms with Crippen LogP contribution in [-0.4, -0.2) is 53.0 Å². The second-order valence-corrected chi connectivity index (χ2v) is 8.21. The predicted molar refractivity (Wildman–Crippen MR) is 103 cm³/mol. The Balaban J connectivity index is 1.41. The molecule has 2 fully saturated rings. The molecule has 2 aliphatic carbocycles. The maximum Gasteiger partial charge on any atom is 0.255 e. The van der Waals surface area contributed by atoms with Crippen LogP contribution in [0.25, 0.3) is 6.08 Å². The first-order chi connectivity index (χ1) is 12.5. The molecule has 1 aromatic rings. The number of aromatic nitrogens is 1. The first kappa shape index (κ1) is 17.5. The monoisotopic (exact) mass is 355 g/mol. The van der Waals surface area contributed by atoms with Gasteiger partial charge in [-0.3, -0.25) is 9.59 Å². The molecule has 4 rings (SSSR count). The fourth-order valence-electron chi connectivity index (χ4n) is 4.59. The molecule has 26 heavy (non-hydrogen) atoms. The lowest BCUT2D eigenvalue weighted by Crippen LogP contribution is -2.46. The molecule has 5 nitrogen and oxygen atoms in total. The maximum absolute atomic E-state index is 13.0. The summed E-state index contributed by atoms with van der Waals surface area (Å²) in [5, 5.41) is 0. The summed E-state index contributed by atoms with van der Waals surface area (Å²) in [6.45, 7) is 3.16. The molecule has 3 aliphatic rings. The number of amides is 1. The van der Waals surface area contributed by atoms with Gasteiger partial charge in [0.2, 0.25) is 0 Å². The molecule has 1 saturated heterocycles. The van der Waals surface area contributed by atoms with E-state index in [-0.39, 0.29) is 11.5 Å². The van der Waals surface area contributed by atoms with E-state index in [4.69, 9.17) is 0 Å². The molecular weight excluding hydrogens is 326 g/mol. The number of rotatable bonds is 4. The number of hydrogen-bond acceptors (Lipinski definition) is 3. The van der Waals surface area contributed by atoms with Gasteiger partial charge in [0.05, 0.1) is 5.56 Å². The highest BCUT2D eigenvalue weighted by Crippen LogP contribution is 2.29. The van der Waals surface area contributed by atoms with Gasteiger partial charge in [-0.1, -0.05) is 18.6 Å². The van der Waals surface area contributed by atoms with Crippen LogP contribution in [0.4, 0.5) is 0 Å². The Morgan fingerprint density at radius 2 is 1.96 bits per heavy atom. The zero-order valence-corrected chi connectivity index (χ0v) is 15.9. The van der Waals surface area contributed by atoms with Crippen molar-refractivity contribution in [3.8, 4) is 0 Å². The molecule has 0 atom stereocenters. The number of likely N-dealkylation sites (tertiary alicyclic amines) is 1. The number of nitrogens with zero attached hydrogens (tertiary/aromatic N) is 3. The summed E-state index contributed by atoms with van der Waals surface area (Å²) < 4.78 is 1.55. The van der Waals surface area contributed by atoms with Crippen molar-refractivity contribution in [2.75, 3.05) is 26.7 Å². The molecule has 0 radical (unpaired) electrons. The van der Waals surface area contributed by atoms with Crippen LogP contribution in [0.2, 0.25) is 0 Å². The Labute approximate surface area is 155 Å². The summed E-state index contributed by atoms with van der Waals surface area (Å²) in [7, 11) is 3.63. The van der Waals surface area contributed by atoms with E-state index < -0.39 is 0 Å². The highest BCUT2D eigenvalue weighted by atomic mass is 16.2. The molecular formula is C21H29N3O2. The number of carbonyl (C=O) groups excluding carboxylic acids is 1. The fourth-order valence-corrected chi connectivity index (χ4v) is 4.59. The van der Waals surface area contributed by atoms with E-state index in [0.29, 0.717) is 17.9 Å². The summed E-state index contributed by atoms with van der Waals surface area (Å²) in [6.07, 6.45) is 12.7. The molecule has 0 aromatic carbocycles. The van der Waals surface area contributed by atoms with E-state index in [2.05, 4.69) is 4.90 Å². The molecule has 0 spiro atoms. The van der Waals surface area contributed by atoms with Gasteiger partial charge in [-0.05, 0) is 56.7 Å².